The van der Waals surface area contributed by atoms with E-state index in [0.717, 1.165) is 37.4 Å². The Balaban J connectivity index is 1.81. The minimum absolute atomic E-state index is 0.0884. The summed E-state index contributed by atoms with van der Waals surface area (Å²) in [7, 11) is 1.69. The molecular weight excluding hydrogens is 300 g/mol. The van der Waals surface area contributed by atoms with Gasteiger partial charge in [0.25, 0.3) is 0 Å². The molecule has 1 aliphatic heterocycles. The molecule has 4 nitrogen and oxygen atoms in total. The predicted molar refractivity (Wildman–Crippen MR) is 99.0 cm³/mol. The van der Waals surface area contributed by atoms with E-state index >= 15 is 0 Å². The van der Waals surface area contributed by atoms with E-state index in [1.165, 1.54) is 0 Å². The van der Waals surface area contributed by atoms with E-state index in [9.17, 15) is 4.79 Å². The van der Waals surface area contributed by atoms with Gasteiger partial charge in [0.15, 0.2) is 0 Å². The lowest BCUT2D eigenvalue weighted by molar-refractivity contribution is -0.136. The average molecular weight is 330 g/mol. The molecule has 132 valence electrons. The molecule has 0 aromatic heterocycles. The fourth-order valence-electron chi connectivity index (χ4n) is 3.22. The predicted octanol–water partition coefficient (Wildman–Crippen LogP) is 3.19. The molecule has 1 N–H and O–H groups in total. The molecule has 1 aromatic carbocycles. The number of hydrogen-bond acceptors (Lipinski definition) is 3. The highest BCUT2D eigenvalue weighted by molar-refractivity contribution is 5.78. The van der Waals surface area contributed by atoms with Gasteiger partial charge in [-0.1, -0.05) is 51.1 Å². The Hall–Kier alpha value is -1.81. The number of para-hydroxylation sites is 1. The number of benzene rings is 1. The third-order valence-electron chi connectivity index (χ3n) is 4.65. The van der Waals surface area contributed by atoms with Gasteiger partial charge in [-0.05, 0) is 18.4 Å². The van der Waals surface area contributed by atoms with Crippen molar-refractivity contribution in [3.8, 4) is 5.75 Å². The minimum atomic E-state index is 0.0884. The highest BCUT2D eigenvalue weighted by Crippen LogP contribution is 2.20. The van der Waals surface area contributed by atoms with Crippen LogP contribution in [0.3, 0.4) is 0 Å². The van der Waals surface area contributed by atoms with Gasteiger partial charge in [-0.2, -0.15) is 0 Å². The second-order valence-corrected chi connectivity index (χ2v) is 6.86. The van der Waals surface area contributed by atoms with Crippen LogP contribution in [-0.2, 0) is 4.79 Å². The van der Waals surface area contributed by atoms with E-state index in [-0.39, 0.29) is 11.8 Å². The molecule has 0 unspecified atom stereocenters. The van der Waals surface area contributed by atoms with Crippen molar-refractivity contribution in [3.63, 3.8) is 0 Å². The molecule has 0 bridgehead atoms. The zero-order valence-electron chi connectivity index (χ0n) is 15.3. The second kappa shape index (κ2) is 8.88. The van der Waals surface area contributed by atoms with Gasteiger partial charge in [0.05, 0.1) is 7.11 Å². The van der Waals surface area contributed by atoms with Gasteiger partial charge in [0.1, 0.15) is 5.75 Å². The molecule has 0 radical (unpaired) electrons. The average Bonchev–Trinajstić information content (AvgIpc) is 2.59. The SMILES string of the molecule is COc1ccccc1/C=C/CN[C@@H]1CCN(C(=O)C(C)C)C[C@H]1C. The molecular formula is C20H30N2O2. The summed E-state index contributed by atoms with van der Waals surface area (Å²) in [4.78, 5) is 14.1. The van der Waals surface area contributed by atoms with Crippen molar-refractivity contribution in [3.05, 3.63) is 35.9 Å². The van der Waals surface area contributed by atoms with E-state index in [4.69, 9.17) is 4.74 Å². The Morgan fingerprint density at radius 1 is 1.42 bits per heavy atom. The fourth-order valence-corrected chi connectivity index (χ4v) is 3.22. The second-order valence-electron chi connectivity index (χ2n) is 6.86. The highest BCUT2D eigenvalue weighted by atomic mass is 16.5. The third-order valence-corrected chi connectivity index (χ3v) is 4.65. The molecule has 1 heterocycles. The maximum Gasteiger partial charge on any atom is 0.225 e. The molecule has 24 heavy (non-hydrogen) atoms. The number of piperidine rings is 1. The molecule has 4 heteroatoms. The van der Waals surface area contributed by atoms with Crippen LogP contribution >= 0.6 is 0 Å². The number of amides is 1. The van der Waals surface area contributed by atoms with Crippen LogP contribution in [0.5, 0.6) is 5.75 Å². The monoisotopic (exact) mass is 330 g/mol. The van der Waals surface area contributed by atoms with E-state index in [1.54, 1.807) is 7.11 Å². The van der Waals surface area contributed by atoms with Crippen molar-refractivity contribution in [2.24, 2.45) is 11.8 Å². The van der Waals surface area contributed by atoms with Crippen molar-refractivity contribution in [1.29, 1.82) is 0 Å². The molecule has 1 amide bonds. The molecule has 1 saturated heterocycles. The topological polar surface area (TPSA) is 41.6 Å². The number of carbonyl (C=O) groups is 1. The summed E-state index contributed by atoms with van der Waals surface area (Å²) < 4.78 is 5.35. The van der Waals surface area contributed by atoms with E-state index in [0.29, 0.717) is 12.0 Å². The summed E-state index contributed by atoms with van der Waals surface area (Å²) in [5.74, 6) is 1.73. The third kappa shape index (κ3) is 4.84. The lowest BCUT2D eigenvalue weighted by atomic mass is 9.93. The molecule has 1 fully saturated rings. The minimum Gasteiger partial charge on any atom is -0.496 e. The number of hydrogen-bond donors (Lipinski definition) is 1. The summed E-state index contributed by atoms with van der Waals surface area (Å²) in [5.41, 5.74) is 1.09. The molecule has 2 atom stereocenters. The van der Waals surface area contributed by atoms with E-state index in [1.807, 2.05) is 43.0 Å². The van der Waals surface area contributed by atoms with Crippen LogP contribution < -0.4 is 10.1 Å². The Labute approximate surface area is 145 Å². The Morgan fingerprint density at radius 2 is 2.17 bits per heavy atom. The molecule has 0 spiro atoms. The first kappa shape index (κ1) is 18.5. The first-order valence-electron chi connectivity index (χ1n) is 8.84. The maximum atomic E-state index is 12.1. The number of likely N-dealkylation sites (tertiary alicyclic amines) is 1. The normalized spacial score (nSPS) is 21.5. The van der Waals surface area contributed by atoms with Crippen LogP contribution in [0, 0.1) is 11.8 Å². The molecule has 1 aliphatic rings. The van der Waals surface area contributed by atoms with Crippen molar-refractivity contribution in [1.82, 2.24) is 10.2 Å². The Morgan fingerprint density at radius 3 is 2.83 bits per heavy atom. The van der Waals surface area contributed by atoms with Crippen LogP contribution in [0.2, 0.25) is 0 Å². The summed E-state index contributed by atoms with van der Waals surface area (Å²) >= 11 is 0. The maximum absolute atomic E-state index is 12.1. The Kier molecular flexibility index (Phi) is 6.85. The summed E-state index contributed by atoms with van der Waals surface area (Å²) in [5, 5.41) is 3.60. The Bertz CT molecular complexity index is 569. The van der Waals surface area contributed by atoms with Crippen LogP contribution in [-0.4, -0.2) is 43.6 Å². The zero-order valence-corrected chi connectivity index (χ0v) is 15.3. The molecule has 2 rings (SSSR count). The number of rotatable bonds is 6. The van der Waals surface area contributed by atoms with Gasteiger partial charge < -0.3 is 15.0 Å². The lowest BCUT2D eigenvalue weighted by Gasteiger charge is -2.38. The smallest absolute Gasteiger partial charge is 0.225 e. The number of ether oxygens (including phenoxy) is 1. The summed E-state index contributed by atoms with van der Waals surface area (Å²) in [6.07, 6.45) is 5.24. The first-order valence-corrected chi connectivity index (χ1v) is 8.84. The van der Waals surface area contributed by atoms with E-state index < -0.39 is 0 Å². The molecule has 0 aliphatic carbocycles. The zero-order chi connectivity index (χ0) is 17.5. The van der Waals surface area contributed by atoms with Crippen LogP contribution in [0.25, 0.3) is 6.08 Å². The fraction of sp³-hybridized carbons (Fsp3) is 0.550. The van der Waals surface area contributed by atoms with Crippen LogP contribution in [0.4, 0.5) is 0 Å². The molecule has 1 aromatic rings. The van der Waals surface area contributed by atoms with Crippen LogP contribution in [0.1, 0.15) is 32.8 Å². The summed E-state index contributed by atoms with van der Waals surface area (Å²) in [6.45, 7) is 8.70. The van der Waals surface area contributed by atoms with Gasteiger partial charge in [-0.15, -0.1) is 0 Å². The number of carbonyl (C=O) groups excluding carboxylic acids is 1. The standard InChI is InChI=1S/C20H30N2O2/c1-15(2)20(23)22-13-11-18(16(3)14-22)21-12-7-9-17-8-5-6-10-19(17)24-4/h5-10,15-16,18,21H,11-14H2,1-4H3/b9-7+/t16-,18-/m1/s1. The lowest BCUT2D eigenvalue weighted by Crippen LogP contribution is -2.51. The van der Waals surface area contributed by atoms with Gasteiger partial charge in [-0.3, -0.25) is 4.79 Å². The van der Waals surface area contributed by atoms with Gasteiger partial charge in [-0.25, -0.2) is 0 Å². The van der Waals surface area contributed by atoms with Gasteiger partial charge in [0, 0.05) is 37.2 Å². The first-order chi connectivity index (χ1) is 11.5. The number of methoxy groups -OCH3 is 1. The van der Waals surface area contributed by atoms with Crippen molar-refractivity contribution in [2.75, 3.05) is 26.7 Å². The van der Waals surface area contributed by atoms with Gasteiger partial charge in [0.2, 0.25) is 5.91 Å². The highest BCUT2D eigenvalue weighted by Gasteiger charge is 2.28. The number of nitrogens with zero attached hydrogens (tertiary/aromatic N) is 1. The largest absolute Gasteiger partial charge is 0.496 e. The van der Waals surface area contributed by atoms with Crippen molar-refractivity contribution >= 4 is 12.0 Å². The van der Waals surface area contributed by atoms with Crippen molar-refractivity contribution in [2.45, 2.75) is 33.2 Å². The van der Waals surface area contributed by atoms with E-state index in [2.05, 4.69) is 24.4 Å². The van der Waals surface area contributed by atoms with Crippen molar-refractivity contribution < 1.29 is 9.53 Å². The number of nitrogens with one attached hydrogen (secondary N) is 1. The quantitative estimate of drug-likeness (QED) is 0.871. The van der Waals surface area contributed by atoms with Gasteiger partial charge >= 0.3 is 0 Å². The molecule has 0 saturated carbocycles. The summed E-state index contributed by atoms with van der Waals surface area (Å²) in [6, 6.07) is 8.47. The van der Waals surface area contributed by atoms with Crippen LogP contribution in [0.15, 0.2) is 30.3 Å².